The molecule has 0 N–H and O–H groups in total. The highest BCUT2D eigenvalue weighted by atomic mass is 79.9. The molecule has 0 spiro atoms. The van der Waals surface area contributed by atoms with Crippen LogP contribution >= 0.6 is 66.3 Å². The lowest BCUT2D eigenvalue weighted by Crippen LogP contribution is -1.86. The van der Waals surface area contributed by atoms with E-state index in [-0.39, 0.29) is 0 Å². The molecule has 3 aromatic heterocycles. The largest absolute Gasteiger partial charge is 0.243 e. The molecule has 0 unspecified atom stereocenters. The zero-order valence-corrected chi connectivity index (χ0v) is 17.8. The number of halogens is 2. The minimum Gasteiger partial charge on any atom is -0.243 e. The Morgan fingerprint density at radius 2 is 1.58 bits per heavy atom. The predicted molar refractivity (Wildman–Crippen MR) is 109 cm³/mol. The van der Waals surface area contributed by atoms with Gasteiger partial charge >= 0.3 is 0 Å². The van der Waals surface area contributed by atoms with Crippen molar-refractivity contribution in [3.63, 3.8) is 0 Å². The lowest BCUT2D eigenvalue weighted by Gasteiger charge is -2.08. The maximum absolute atomic E-state index is 4.55. The van der Waals surface area contributed by atoms with Gasteiger partial charge in [-0.25, -0.2) is 4.98 Å². The predicted octanol–water partition coefficient (Wildman–Crippen LogP) is 6.79. The van der Waals surface area contributed by atoms with E-state index in [1.807, 2.05) is 6.07 Å². The van der Waals surface area contributed by atoms with Crippen LogP contribution in [0.2, 0.25) is 0 Å². The molecule has 5 nitrogen and oxygen atoms in total. The van der Waals surface area contributed by atoms with Crippen molar-refractivity contribution < 1.29 is 0 Å². The van der Waals surface area contributed by atoms with Crippen molar-refractivity contribution in [2.75, 3.05) is 0 Å². The SMILES string of the molecule is Brc1ccc(-c2c3c(c(-c4ncc(Br)s4)c4nsnc24)N=S=N3)s1. The van der Waals surface area contributed by atoms with E-state index in [0.717, 1.165) is 51.0 Å². The fraction of sp³-hybridized carbons (Fsp3) is 0. The Labute approximate surface area is 168 Å². The van der Waals surface area contributed by atoms with Crippen molar-refractivity contribution in [3.05, 3.63) is 25.9 Å². The molecule has 0 saturated heterocycles. The first-order valence-electron chi connectivity index (χ1n) is 6.50. The van der Waals surface area contributed by atoms with Gasteiger partial charge in [-0.3, -0.25) is 0 Å². The molecule has 0 fully saturated rings. The van der Waals surface area contributed by atoms with Crippen molar-refractivity contribution in [1.82, 2.24) is 13.7 Å². The lowest BCUT2D eigenvalue weighted by atomic mass is 10.0. The maximum Gasteiger partial charge on any atom is 0.128 e. The van der Waals surface area contributed by atoms with Crippen LogP contribution in [-0.2, 0) is 11.4 Å². The van der Waals surface area contributed by atoms with E-state index in [4.69, 9.17) is 0 Å². The number of aromatic nitrogens is 3. The summed E-state index contributed by atoms with van der Waals surface area (Å²) in [6.45, 7) is 0. The second kappa shape index (κ2) is 5.85. The summed E-state index contributed by atoms with van der Waals surface area (Å²) in [6.07, 6.45) is 1.79. The summed E-state index contributed by atoms with van der Waals surface area (Å²) in [5.74, 6) is 0. The Balaban J connectivity index is 1.92. The third-order valence-electron chi connectivity index (χ3n) is 3.44. The summed E-state index contributed by atoms with van der Waals surface area (Å²) >= 11 is 12.6. The average Bonchev–Trinajstić information content (AvgIpc) is 3.31. The van der Waals surface area contributed by atoms with E-state index in [9.17, 15) is 0 Å². The van der Waals surface area contributed by atoms with Gasteiger partial charge in [0.05, 0.1) is 42.4 Å². The van der Waals surface area contributed by atoms with E-state index in [0.29, 0.717) is 0 Å². The van der Waals surface area contributed by atoms with E-state index >= 15 is 0 Å². The summed E-state index contributed by atoms with van der Waals surface area (Å²) in [5.41, 5.74) is 5.30. The molecule has 11 heteroatoms. The quantitative estimate of drug-likeness (QED) is 0.259. The van der Waals surface area contributed by atoms with Gasteiger partial charge in [0.1, 0.15) is 27.4 Å². The van der Waals surface area contributed by atoms with E-state index in [1.165, 1.54) is 23.1 Å². The van der Waals surface area contributed by atoms with E-state index in [1.54, 1.807) is 28.9 Å². The van der Waals surface area contributed by atoms with Crippen LogP contribution in [0.5, 0.6) is 0 Å². The number of nitrogens with zero attached hydrogens (tertiary/aromatic N) is 5. The first-order chi connectivity index (χ1) is 11.7. The van der Waals surface area contributed by atoms with Crippen molar-refractivity contribution in [2.24, 2.45) is 8.73 Å². The number of hydrogen-bond donors (Lipinski definition) is 0. The molecule has 4 aromatic rings. The van der Waals surface area contributed by atoms with Crippen LogP contribution < -0.4 is 0 Å². The minimum absolute atomic E-state index is 0.835. The Bertz CT molecular complexity index is 1100. The van der Waals surface area contributed by atoms with Crippen LogP contribution in [-0.4, -0.2) is 13.7 Å². The monoisotopic (exact) mass is 515 g/mol. The van der Waals surface area contributed by atoms with Crippen LogP contribution in [0.1, 0.15) is 0 Å². The molecular formula is C13H3Br2N5S4. The summed E-state index contributed by atoms with van der Waals surface area (Å²) < 4.78 is 20.2. The molecule has 0 radical (unpaired) electrons. The molecule has 5 rings (SSSR count). The van der Waals surface area contributed by atoms with E-state index in [2.05, 4.69) is 60.4 Å². The molecule has 0 saturated carbocycles. The molecule has 118 valence electrons. The maximum atomic E-state index is 4.55. The van der Waals surface area contributed by atoms with Crippen LogP contribution in [0, 0.1) is 0 Å². The van der Waals surface area contributed by atoms with Crippen LogP contribution in [0.3, 0.4) is 0 Å². The van der Waals surface area contributed by atoms with Crippen LogP contribution in [0.4, 0.5) is 11.4 Å². The normalized spacial score (nSPS) is 12.8. The molecule has 0 amide bonds. The number of thiazole rings is 1. The van der Waals surface area contributed by atoms with Gasteiger partial charge in [-0.2, -0.15) is 17.5 Å². The molecule has 1 aliphatic rings. The summed E-state index contributed by atoms with van der Waals surface area (Å²) in [6, 6.07) is 4.10. The van der Waals surface area contributed by atoms with Gasteiger partial charge in [0.2, 0.25) is 0 Å². The highest BCUT2D eigenvalue weighted by molar-refractivity contribution is 9.11. The minimum atomic E-state index is 0.835. The highest BCUT2D eigenvalue weighted by Gasteiger charge is 2.27. The number of thiophene rings is 1. The van der Waals surface area contributed by atoms with Crippen molar-refractivity contribution in [1.29, 1.82) is 0 Å². The standard InChI is InChI=1S/C13H3Br2N5S4/c14-5-2-1-4(21-5)7-9-11(19-23-17-9)8(12-10(7)18-24-20-12)13-16-3-6(15)22-13/h1-3H. The topological polar surface area (TPSA) is 63.4 Å². The van der Waals surface area contributed by atoms with Gasteiger partial charge in [0.15, 0.2) is 0 Å². The summed E-state index contributed by atoms with van der Waals surface area (Å²) in [7, 11) is 0. The first kappa shape index (κ1) is 15.4. The van der Waals surface area contributed by atoms with Crippen LogP contribution in [0.15, 0.2) is 34.6 Å². The molecule has 0 atom stereocenters. The molecule has 24 heavy (non-hydrogen) atoms. The van der Waals surface area contributed by atoms with Crippen LogP contribution in [0.25, 0.3) is 32.0 Å². The van der Waals surface area contributed by atoms with Gasteiger partial charge < -0.3 is 0 Å². The fourth-order valence-corrected chi connectivity index (χ4v) is 6.32. The Hall–Kier alpha value is -0.850. The van der Waals surface area contributed by atoms with Crippen molar-refractivity contribution in [2.45, 2.75) is 0 Å². The number of hydrogen-bond acceptors (Lipinski definition) is 8. The molecule has 0 bridgehead atoms. The zero-order valence-electron chi connectivity index (χ0n) is 11.4. The smallest absolute Gasteiger partial charge is 0.128 e. The highest BCUT2D eigenvalue weighted by Crippen LogP contribution is 2.53. The summed E-state index contributed by atoms with van der Waals surface area (Å²) in [4.78, 5) is 5.59. The van der Waals surface area contributed by atoms with Crippen molar-refractivity contribution >= 4 is 100 Å². The average molecular weight is 517 g/mol. The van der Waals surface area contributed by atoms with Crippen molar-refractivity contribution in [3.8, 4) is 21.0 Å². The fourth-order valence-electron chi connectivity index (χ4n) is 2.51. The van der Waals surface area contributed by atoms with Gasteiger partial charge in [0, 0.05) is 10.4 Å². The Morgan fingerprint density at radius 1 is 0.833 bits per heavy atom. The molecular weight excluding hydrogens is 514 g/mol. The van der Waals surface area contributed by atoms with Gasteiger partial charge in [-0.05, 0) is 44.0 Å². The lowest BCUT2D eigenvalue weighted by molar-refractivity contribution is 1.40. The third-order valence-corrected chi connectivity index (χ3v) is 7.63. The van der Waals surface area contributed by atoms with E-state index < -0.39 is 0 Å². The second-order valence-corrected chi connectivity index (χ2v) is 10.7. The van der Waals surface area contributed by atoms with Gasteiger partial charge in [-0.1, -0.05) is 0 Å². The van der Waals surface area contributed by atoms with Gasteiger partial charge in [-0.15, -0.1) is 22.7 Å². The number of fused-ring (bicyclic) bond motifs is 2. The second-order valence-electron chi connectivity index (χ2n) is 4.75. The number of benzene rings is 1. The summed E-state index contributed by atoms with van der Waals surface area (Å²) in [5, 5.41) is 0.871. The van der Waals surface area contributed by atoms with Gasteiger partial charge in [0.25, 0.3) is 0 Å². The Morgan fingerprint density at radius 3 is 2.25 bits per heavy atom. The first-order valence-corrected chi connectivity index (χ1v) is 11.2. The Kier molecular flexibility index (Phi) is 3.76. The zero-order chi connectivity index (χ0) is 16.3. The number of rotatable bonds is 2. The molecule has 1 aromatic carbocycles. The third kappa shape index (κ3) is 2.30. The molecule has 4 heterocycles. The molecule has 1 aliphatic heterocycles. The molecule has 0 aliphatic carbocycles.